The van der Waals surface area contributed by atoms with Crippen molar-refractivity contribution in [3.05, 3.63) is 30.2 Å². The van der Waals surface area contributed by atoms with Crippen LogP contribution in [0.3, 0.4) is 0 Å². The van der Waals surface area contributed by atoms with Crippen molar-refractivity contribution in [2.24, 2.45) is 0 Å². The molecule has 0 amide bonds. The molecule has 2 aromatic rings. The lowest BCUT2D eigenvalue weighted by atomic mass is 10.7. The van der Waals surface area contributed by atoms with Crippen molar-refractivity contribution in [3.8, 4) is 0 Å². The Bertz CT molecular complexity index is 488. The molecule has 0 atom stereocenters. The van der Waals surface area contributed by atoms with E-state index in [1.165, 1.54) is 23.4 Å². The highest BCUT2D eigenvalue weighted by Gasteiger charge is 2.14. The monoisotopic (exact) mass is 230 g/mol. The second-order valence-electron chi connectivity index (χ2n) is 2.40. The first-order chi connectivity index (χ1) is 6.68. The molecule has 0 aliphatic rings. The van der Waals surface area contributed by atoms with Crippen molar-refractivity contribution in [2.75, 3.05) is 4.83 Å². The van der Waals surface area contributed by atoms with Crippen LogP contribution in [-0.4, -0.2) is 23.3 Å². The van der Waals surface area contributed by atoms with Crippen LogP contribution in [0.4, 0.5) is 0 Å². The first-order valence-corrected chi connectivity index (χ1v) is 5.96. The molecule has 0 saturated heterocycles. The maximum Gasteiger partial charge on any atom is 0.284 e. The van der Waals surface area contributed by atoms with E-state index < -0.39 is 10.0 Å². The van der Waals surface area contributed by atoms with E-state index in [2.05, 4.69) is 15.0 Å². The minimum Gasteiger partial charge on any atom is -0.221 e. The molecule has 6 nitrogen and oxygen atoms in total. The molecule has 1 N–H and O–H groups in total. The maximum absolute atomic E-state index is 11.6. The summed E-state index contributed by atoms with van der Waals surface area (Å²) < 4.78 is 24.6. The Balaban J connectivity index is 2.27. The predicted octanol–water partition coefficient (Wildman–Crippen LogP) is 0.272. The molecule has 0 bridgehead atoms. The van der Waals surface area contributed by atoms with E-state index >= 15 is 0 Å². The lowest BCUT2D eigenvalue weighted by Gasteiger charge is -2.04. The van der Waals surface area contributed by atoms with Gasteiger partial charge in [-0.15, -0.1) is 21.5 Å². The van der Waals surface area contributed by atoms with Gasteiger partial charge in [0.2, 0.25) is 0 Å². The molecule has 8 heteroatoms. The van der Waals surface area contributed by atoms with Crippen molar-refractivity contribution in [1.29, 1.82) is 0 Å². The summed E-state index contributed by atoms with van der Waals surface area (Å²) in [6.45, 7) is 0. The van der Waals surface area contributed by atoms with E-state index in [9.17, 15) is 8.42 Å². The summed E-state index contributed by atoms with van der Waals surface area (Å²) in [5, 5.41) is 8.65. The zero-order valence-electron chi connectivity index (χ0n) is 6.86. The molecule has 74 valence electrons. The van der Waals surface area contributed by atoms with Crippen LogP contribution in [0.15, 0.2) is 34.4 Å². The molecule has 0 aliphatic heterocycles. The van der Waals surface area contributed by atoms with Gasteiger partial charge >= 0.3 is 0 Å². The van der Waals surface area contributed by atoms with Crippen LogP contribution in [-0.2, 0) is 10.0 Å². The molecule has 14 heavy (non-hydrogen) atoms. The number of sulfonamides is 1. The van der Waals surface area contributed by atoms with Crippen LogP contribution in [0, 0.1) is 0 Å². The third-order valence-electron chi connectivity index (χ3n) is 1.40. The predicted molar refractivity (Wildman–Crippen MR) is 50.9 cm³/mol. The SMILES string of the molecule is O=S(=O)(Nn1cnnc1)c1cccs1. The number of nitrogens with one attached hydrogen (secondary N) is 1. The number of rotatable bonds is 3. The van der Waals surface area contributed by atoms with Gasteiger partial charge in [-0.05, 0) is 11.4 Å². The van der Waals surface area contributed by atoms with Crippen molar-refractivity contribution in [1.82, 2.24) is 14.9 Å². The number of aromatic nitrogens is 3. The van der Waals surface area contributed by atoms with Gasteiger partial charge in [0.15, 0.2) is 0 Å². The third kappa shape index (κ3) is 1.75. The van der Waals surface area contributed by atoms with E-state index in [-0.39, 0.29) is 4.21 Å². The molecule has 2 rings (SSSR count). The Morgan fingerprint density at radius 3 is 2.64 bits per heavy atom. The zero-order chi connectivity index (χ0) is 10.0. The number of thiophene rings is 1. The zero-order valence-corrected chi connectivity index (χ0v) is 8.49. The number of nitrogens with zero attached hydrogens (tertiary/aromatic N) is 3. The molecule has 0 spiro atoms. The molecule has 0 fully saturated rings. The summed E-state index contributed by atoms with van der Waals surface area (Å²) in [5.41, 5.74) is 0. The van der Waals surface area contributed by atoms with Crippen molar-refractivity contribution < 1.29 is 8.42 Å². The van der Waals surface area contributed by atoms with Crippen molar-refractivity contribution in [3.63, 3.8) is 0 Å². The highest BCUT2D eigenvalue weighted by Crippen LogP contribution is 2.15. The Hall–Kier alpha value is -1.41. The van der Waals surface area contributed by atoms with Gasteiger partial charge in [0.1, 0.15) is 16.9 Å². The van der Waals surface area contributed by atoms with Crippen molar-refractivity contribution >= 4 is 21.4 Å². The first-order valence-electron chi connectivity index (χ1n) is 3.59. The Morgan fingerprint density at radius 1 is 1.36 bits per heavy atom. The fraction of sp³-hybridized carbons (Fsp3) is 0. The largest absolute Gasteiger partial charge is 0.284 e. The van der Waals surface area contributed by atoms with Crippen LogP contribution in [0.2, 0.25) is 0 Å². The van der Waals surface area contributed by atoms with E-state index in [1.54, 1.807) is 11.4 Å². The topological polar surface area (TPSA) is 76.9 Å². The quantitative estimate of drug-likeness (QED) is 0.821. The van der Waals surface area contributed by atoms with Gasteiger partial charge in [0.25, 0.3) is 10.0 Å². The minimum absolute atomic E-state index is 0.256. The van der Waals surface area contributed by atoms with Gasteiger partial charge in [-0.3, -0.25) is 0 Å². The van der Waals surface area contributed by atoms with Gasteiger partial charge in [-0.2, -0.15) is 8.42 Å². The molecule has 0 saturated carbocycles. The second kappa shape index (κ2) is 3.39. The Kier molecular flexibility index (Phi) is 2.22. The lowest BCUT2D eigenvalue weighted by molar-refractivity contribution is 0.597. The first kappa shape index (κ1) is 9.16. The summed E-state index contributed by atoms with van der Waals surface area (Å²) in [5.74, 6) is 0. The summed E-state index contributed by atoms with van der Waals surface area (Å²) in [7, 11) is -3.49. The average molecular weight is 230 g/mol. The molecule has 0 aromatic carbocycles. The smallest absolute Gasteiger partial charge is 0.221 e. The molecule has 2 heterocycles. The molecular weight excluding hydrogens is 224 g/mol. The highest BCUT2D eigenvalue weighted by atomic mass is 32.2. The summed E-state index contributed by atoms with van der Waals surface area (Å²) >= 11 is 1.15. The minimum atomic E-state index is -3.49. The normalized spacial score (nSPS) is 11.4. The lowest BCUT2D eigenvalue weighted by Crippen LogP contribution is -2.21. The summed E-state index contributed by atoms with van der Waals surface area (Å²) in [6, 6.07) is 3.20. The average Bonchev–Trinajstić information content (AvgIpc) is 2.71. The van der Waals surface area contributed by atoms with Gasteiger partial charge in [0, 0.05) is 0 Å². The standard InChI is InChI=1S/C6H6N4O2S2/c11-14(12,6-2-1-3-13-6)9-10-4-7-8-5-10/h1-5,9H. The van der Waals surface area contributed by atoms with Gasteiger partial charge < -0.3 is 0 Å². The third-order valence-corrected chi connectivity index (χ3v) is 4.13. The van der Waals surface area contributed by atoms with Crippen LogP contribution < -0.4 is 4.83 Å². The van der Waals surface area contributed by atoms with E-state index in [0.29, 0.717) is 0 Å². The van der Waals surface area contributed by atoms with Crippen LogP contribution in [0.1, 0.15) is 0 Å². The second-order valence-corrected chi connectivity index (χ2v) is 5.23. The maximum atomic E-state index is 11.6. The van der Waals surface area contributed by atoms with E-state index in [4.69, 9.17) is 0 Å². The van der Waals surface area contributed by atoms with Crippen LogP contribution >= 0.6 is 11.3 Å². The molecule has 2 aromatic heterocycles. The Morgan fingerprint density at radius 2 is 2.07 bits per heavy atom. The fourth-order valence-corrected chi connectivity index (χ4v) is 2.80. The molecular formula is C6H6N4O2S2. The van der Waals surface area contributed by atoms with Gasteiger partial charge in [0.05, 0.1) is 0 Å². The molecule has 0 unspecified atom stereocenters. The fourth-order valence-electron chi connectivity index (χ4n) is 0.848. The molecule has 0 radical (unpaired) electrons. The van der Waals surface area contributed by atoms with Gasteiger partial charge in [-0.25, -0.2) is 9.51 Å². The Labute approximate surface area is 84.2 Å². The van der Waals surface area contributed by atoms with Gasteiger partial charge in [-0.1, -0.05) is 6.07 Å². The molecule has 0 aliphatic carbocycles. The highest BCUT2D eigenvalue weighted by molar-refractivity contribution is 7.94. The van der Waals surface area contributed by atoms with Crippen LogP contribution in [0.5, 0.6) is 0 Å². The number of hydrogen-bond donors (Lipinski definition) is 1. The van der Waals surface area contributed by atoms with Crippen LogP contribution in [0.25, 0.3) is 0 Å². The summed E-state index contributed by atoms with van der Waals surface area (Å²) in [4.78, 5) is 2.27. The summed E-state index contributed by atoms with van der Waals surface area (Å²) in [6.07, 6.45) is 2.54. The van der Waals surface area contributed by atoms with E-state index in [0.717, 1.165) is 11.3 Å². The number of hydrogen-bond acceptors (Lipinski definition) is 5. The van der Waals surface area contributed by atoms with Crippen molar-refractivity contribution in [2.45, 2.75) is 4.21 Å². The van der Waals surface area contributed by atoms with E-state index in [1.807, 2.05) is 0 Å².